The van der Waals surface area contributed by atoms with Crippen LogP contribution in [0, 0.1) is 22.7 Å². The number of aliphatic hydroxyl groups excluding tert-OH is 2. The molecule has 8 nitrogen and oxygen atoms in total. The van der Waals surface area contributed by atoms with Gasteiger partial charge in [-0.2, -0.15) is 0 Å². The Morgan fingerprint density at radius 2 is 1.70 bits per heavy atom. The second-order valence-corrected chi connectivity index (χ2v) is 11.4. The maximum absolute atomic E-state index is 14.2. The Morgan fingerprint density at radius 1 is 1.08 bits per heavy atom. The highest BCUT2D eigenvalue weighted by Gasteiger charge is 2.72. The second kappa shape index (κ2) is 8.25. The predicted molar refractivity (Wildman–Crippen MR) is 136 cm³/mol. The van der Waals surface area contributed by atoms with Crippen LogP contribution < -0.4 is 0 Å². The van der Waals surface area contributed by atoms with Gasteiger partial charge in [0.25, 0.3) is 0 Å². The average molecular weight is 509 g/mol. The largest absolute Gasteiger partial charge is 0.508 e. The summed E-state index contributed by atoms with van der Waals surface area (Å²) in [6, 6.07) is 2.94. The van der Waals surface area contributed by atoms with Crippen LogP contribution in [-0.4, -0.2) is 49.2 Å². The molecule has 0 saturated heterocycles. The van der Waals surface area contributed by atoms with E-state index in [-0.39, 0.29) is 35.5 Å². The first-order valence-corrected chi connectivity index (χ1v) is 12.3. The van der Waals surface area contributed by atoms with E-state index in [9.17, 15) is 39.6 Å². The zero-order chi connectivity index (χ0) is 27.8. The van der Waals surface area contributed by atoms with Crippen LogP contribution >= 0.6 is 0 Å². The van der Waals surface area contributed by atoms with Gasteiger partial charge in [0.1, 0.15) is 22.8 Å². The quantitative estimate of drug-likeness (QED) is 0.354. The van der Waals surface area contributed by atoms with Crippen molar-refractivity contribution in [3.05, 3.63) is 51.8 Å². The normalized spacial score (nSPS) is 31.5. The molecular weight excluding hydrogens is 476 g/mol. The van der Waals surface area contributed by atoms with Gasteiger partial charge in [0, 0.05) is 22.3 Å². The van der Waals surface area contributed by atoms with Crippen molar-refractivity contribution in [3.8, 4) is 5.75 Å². The van der Waals surface area contributed by atoms with Crippen LogP contribution in [-0.2, 0) is 25.6 Å². The molecule has 1 aromatic carbocycles. The summed E-state index contributed by atoms with van der Waals surface area (Å²) in [5.74, 6) is -5.80. The number of phenolic OH excluding ortho intramolecular Hbond substituents is 1. The molecular formula is C29H32O8. The molecule has 3 aliphatic rings. The molecule has 8 heteroatoms. The zero-order valence-electron chi connectivity index (χ0n) is 21.8. The number of rotatable bonds is 4. The van der Waals surface area contributed by atoms with E-state index in [1.807, 2.05) is 0 Å². The van der Waals surface area contributed by atoms with E-state index in [1.165, 1.54) is 19.1 Å². The number of aliphatic hydroxyl groups is 3. The number of hydrogen-bond acceptors (Lipinski definition) is 8. The summed E-state index contributed by atoms with van der Waals surface area (Å²) in [4.78, 5) is 51.7. The van der Waals surface area contributed by atoms with E-state index in [0.717, 1.165) is 6.92 Å². The summed E-state index contributed by atoms with van der Waals surface area (Å²) >= 11 is 0. The molecule has 0 aromatic heterocycles. The molecule has 37 heavy (non-hydrogen) atoms. The fourth-order valence-corrected chi connectivity index (χ4v) is 7.10. The van der Waals surface area contributed by atoms with Crippen molar-refractivity contribution in [1.82, 2.24) is 0 Å². The van der Waals surface area contributed by atoms with Gasteiger partial charge in [-0.25, -0.2) is 0 Å². The first kappa shape index (κ1) is 26.5. The van der Waals surface area contributed by atoms with E-state index in [0.29, 0.717) is 11.1 Å². The minimum atomic E-state index is -2.64. The average Bonchev–Trinajstić information content (AvgIpc) is 2.75. The van der Waals surface area contributed by atoms with Crippen LogP contribution in [0.15, 0.2) is 35.1 Å². The van der Waals surface area contributed by atoms with Gasteiger partial charge in [-0.3, -0.25) is 19.2 Å². The molecule has 0 amide bonds. The predicted octanol–water partition coefficient (Wildman–Crippen LogP) is 3.79. The van der Waals surface area contributed by atoms with Gasteiger partial charge >= 0.3 is 0 Å². The van der Waals surface area contributed by atoms with Crippen LogP contribution in [0.1, 0.15) is 64.7 Å². The number of Topliss-reactive ketones (excluding diaryl/α,β-unsaturated/α-hetero) is 3. The Kier molecular flexibility index (Phi) is 5.91. The lowest BCUT2D eigenvalue weighted by Gasteiger charge is -2.59. The van der Waals surface area contributed by atoms with E-state index in [1.54, 1.807) is 39.8 Å². The van der Waals surface area contributed by atoms with Gasteiger partial charge < -0.3 is 20.4 Å². The highest BCUT2D eigenvalue weighted by atomic mass is 16.3. The topological polar surface area (TPSA) is 149 Å². The van der Waals surface area contributed by atoms with E-state index in [2.05, 4.69) is 0 Å². The lowest BCUT2D eigenvalue weighted by atomic mass is 9.43. The monoisotopic (exact) mass is 508 g/mol. The highest BCUT2D eigenvalue weighted by molar-refractivity contribution is 6.24. The van der Waals surface area contributed by atoms with Crippen molar-refractivity contribution >= 4 is 35.0 Å². The van der Waals surface area contributed by atoms with Crippen LogP contribution in [0.25, 0.3) is 11.8 Å². The first-order chi connectivity index (χ1) is 17.0. The maximum Gasteiger partial charge on any atom is 0.203 e. The number of benzene rings is 1. The first-order valence-electron chi connectivity index (χ1n) is 12.3. The number of allylic oxidation sites excluding steroid dienone is 2. The van der Waals surface area contributed by atoms with Crippen molar-refractivity contribution < 1.29 is 39.6 Å². The van der Waals surface area contributed by atoms with Gasteiger partial charge in [0.05, 0.1) is 5.56 Å². The molecule has 0 bridgehead atoms. The van der Waals surface area contributed by atoms with Gasteiger partial charge in [0.15, 0.2) is 23.0 Å². The van der Waals surface area contributed by atoms with Crippen molar-refractivity contribution in [2.75, 3.05) is 0 Å². The van der Waals surface area contributed by atoms with Crippen LogP contribution in [0.4, 0.5) is 0 Å². The third-order valence-electron chi connectivity index (χ3n) is 8.42. The molecule has 0 heterocycles. The van der Waals surface area contributed by atoms with Crippen LogP contribution in [0.2, 0.25) is 0 Å². The molecule has 0 spiro atoms. The standard InChI is InChI=1S/C29H32O8/c1-13(2)21-23(33)19(15(4)31)25(35)29(37)26(36)22-24(34)20-17(11-27(22,5)12-28(21,29)6)16(8-7-14(3)30)9-10-18(20)32/h7-10,13,21,32,34-35,37H,11-12H2,1-6H3/t21?,27-,28-,29+/m1/s1. The van der Waals surface area contributed by atoms with Gasteiger partial charge in [-0.05, 0) is 55.9 Å². The third kappa shape index (κ3) is 3.38. The molecule has 4 rings (SSSR count). The summed E-state index contributed by atoms with van der Waals surface area (Å²) in [7, 11) is 0. The van der Waals surface area contributed by atoms with Crippen molar-refractivity contribution in [2.45, 2.75) is 60.0 Å². The third-order valence-corrected chi connectivity index (χ3v) is 8.42. The Balaban J connectivity index is 2.07. The van der Waals surface area contributed by atoms with E-state index < -0.39 is 62.7 Å². The number of ketones is 4. The minimum absolute atomic E-state index is 0.00119. The zero-order valence-corrected chi connectivity index (χ0v) is 21.8. The molecule has 4 N–H and O–H groups in total. The smallest absolute Gasteiger partial charge is 0.203 e. The van der Waals surface area contributed by atoms with E-state index >= 15 is 0 Å². The molecule has 1 aromatic rings. The SMILES string of the molecule is CC(=O)C=Cc1ccc(O)c2c1C[C@]1(C)C[C@]3(C)C(C(C)C)C(=O)C(C(C)=O)=C(O)[C@]3(O)C(=O)C1=C2O. The number of carbonyl (C=O) groups excluding carboxylic acids is 4. The fraction of sp³-hybridized carbons (Fsp3) is 0.448. The van der Waals surface area contributed by atoms with Crippen molar-refractivity contribution in [3.63, 3.8) is 0 Å². The lowest BCUT2D eigenvalue weighted by molar-refractivity contribution is -0.178. The lowest BCUT2D eigenvalue weighted by Crippen LogP contribution is -2.69. The second-order valence-electron chi connectivity index (χ2n) is 11.4. The Hall–Kier alpha value is -3.52. The molecule has 3 aliphatic carbocycles. The van der Waals surface area contributed by atoms with Crippen molar-refractivity contribution in [2.24, 2.45) is 22.7 Å². The fourth-order valence-electron chi connectivity index (χ4n) is 7.10. The summed E-state index contributed by atoms with van der Waals surface area (Å²) in [6.45, 7) is 9.28. The minimum Gasteiger partial charge on any atom is -0.508 e. The molecule has 1 fully saturated rings. The summed E-state index contributed by atoms with van der Waals surface area (Å²) < 4.78 is 0. The summed E-state index contributed by atoms with van der Waals surface area (Å²) in [5.41, 5.74) is -4.98. The number of carbonyl (C=O) groups is 4. The number of hydrogen-bond donors (Lipinski definition) is 4. The summed E-state index contributed by atoms with van der Waals surface area (Å²) in [6.07, 6.45) is 3.09. The number of fused-ring (bicyclic) bond motifs is 3. The van der Waals surface area contributed by atoms with E-state index in [4.69, 9.17) is 0 Å². The van der Waals surface area contributed by atoms with Gasteiger partial charge in [-0.1, -0.05) is 39.8 Å². The molecule has 1 unspecified atom stereocenters. The number of phenols is 1. The Morgan fingerprint density at radius 3 is 2.24 bits per heavy atom. The Labute approximate surface area is 215 Å². The molecule has 0 radical (unpaired) electrons. The van der Waals surface area contributed by atoms with Gasteiger partial charge in [0.2, 0.25) is 5.78 Å². The molecule has 1 saturated carbocycles. The van der Waals surface area contributed by atoms with Crippen LogP contribution in [0.5, 0.6) is 5.75 Å². The molecule has 4 atom stereocenters. The molecule has 196 valence electrons. The Bertz CT molecular complexity index is 1380. The van der Waals surface area contributed by atoms with Gasteiger partial charge in [-0.15, -0.1) is 0 Å². The number of aromatic hydroxyl groups is 1. The highest BCUT2D eigenvalue weighted by Crippen LogP contribution is 2.65. The van der Waals surface area contributed by atoms with Crippen molar-refractivity contribution in [1.29, 1.82) is 0 Å². The molecule has 0 aliphatic heterocycles. The maximum atomic E-state index is 14.2. The van der Waals surface area contributed by atoms with Crippen LogP contribution in [0.3, 0.4) is 0 Å². The summed E-state index contributed by atoms with van der Waals surface area (Å²) in [5, 5.41) is 45.2.